The van der Waals surface area contributed by atoms with E-state index >= 15 is 0 Å². The minimum Gasteiger partial charge on any atom is -0.484 e. The largest absolute Gasteiger partial charge is 0.484 e. The Balaban J connectivity index is 1.38. The van der Waals surface area contributed by atoms with Gasteiger partial charge in [0.2, 0.25) is 0 Å². The summed E-state index contributed by atoms with van der Waals surface area (Å²) in [5, 5.41) is 14.3. The number of tetrazole rings is 1. The molecule has 0 fully saturated rings. The van der Waals surface area contributed by atoms with Crippen LogP contribution in [0, 0.1) is 6.92 Å². The van der Waals surface area contributed by atoms with Crippen molar-refractivity contribution >= 4 is 11.6 Å². The highest BCUT2D eigenvalue weighted by Crippen LogP contribution is 2.26. The van der Waals surface area contributed by atoms with Crippen LogP contribution < -0.4 is 10.1 Å². The molecule has 3 aromatic rings. The number of hydrogen-bond donors (Lipinski definition) is 1. The van der Waals surface area contributed by atoms with Gasteiger partial charge in [-0.15, -0.1) is 5.10 Å². The lowest BCUT2D eigenvalue weighted by atomic mass is 10.1. The van der Waals surface area contributed by atoms with Gasteiger partial charge in [0.25, 0.3) is 5.91 Å². The molecule has 1 amide bonds. The minimum atomic E-state index is -0.212. The summed E-state index contributed by atoms with van der Waals surface area (Å²) in [5.74, 6) is 1.20. The Morgan fingerprint density at radius 3 is 2.92 bits per heavy atom. The molecule has 1 heterocycles. The molecule has 0 radical (unpaired) electrons. The number of anilines is 1. The molecule has 0 bridgehead atoms. The van der Waals surface area contributed by atoms with Crippen LogP contribution in [-0.2, 0) is 17.6 Å². The molecule has 4 rings (SSSR count). The standard InChI is InChI=1S/C19H19N5O2/c1-13-21-22-23-24(13)17-7-3-6-16(11-17)20-19(25)12-26-18-9-8-14-4-2-5-15(14)10-18/h3,6-11H,2,4-5,12H2,1H3,(H,20,25). The summed E-state index contributed by atoms with van der Waals surface area (Å²) in [6.45, 7) is 1.78. The average Bonchev–Trinajstić information content (AvgIpc) is 3.28. The van der Waals surface area contributed by atoms with Crippen molar-refractivity contribution in [1.82, 2.24) is 20.2 Å². The van der Waals surface area contributed by atoms with Gasteiger partial charge in [-0.25, -0.2) is 0 Å². The monoisotopic (exact) mass is 349 g/mol. The number of carbonyl (C=O) groups excluding carboxylic acids is 1. The second-order valence-electron chi connectivity index (χ2n) is 6.31. The zero-order valence-electron chi connectivity index (χ0n) is 14.5. The Bertz CT molecular complexity index is 951. The van der Waals surface area contributed by atoms with Crippen LogP contribution in [0.2, 0.25) is 0 Å². The van der Waals surface area contributed by atoms with Crippen molar-refractivity contribution < 1.29 is 9.53 Å². The Labute approximate surface area is 151 Å². The number of aromatic nitrogens is 4. The first kappa shape index (κ1) is 16.3. The summed E-state index contributed by atoms with van der Waals surface area (Å²) in [5.41, 5.74) is 4.16. The number of amides is 1. The number of carbonyl (C=O) groups is 1. The minimum absolute atomic E-state index is 0.0348. The SMILES string of the molecule is Cc1nnnn1-c1cccc(NC(=O)COc2ccc3c(c2)CCC3)c1. The second kappa shape index (κ2) is 6.95. The predicted octanol–water partition coefficient (Wildman–Crippen LogP) is 2.48. The Kier molecular flexibility index (Phi) is 4.35. The van der Waals surface area contributed by atoms with Gasteiger partial charge >= 0.3 is 0 Å². The molecule has 0 spiro atoms. The Morgan fingerprint density at radius 1 is 1.19 bits per heavy atom. The lowest BCUT2D eigenvalue weighted by Gasteiger charge is -2.10. The van der Waals surface area contributed by atoms with Crippen molar-refractivity contribution in [2.24, 2.45) is 0 Å². The van der Waals surface area contributed by atoms with E-state index in [2.05, 4.69) is 26.9 Å². The van der Waals surface area contributed by atoms with E-state index in [4.69, 9.17) is 4.74 Å². The van der Waals surface area contributed by atoms with Crippen LogP contribution in [0.5, 0.6) is 5.75 Å². The van der Waals surface area contributed by atoms with Crippen LogP contribution in [0.1, 0.15) is 23.4 Å². The molecule has 2 aromatic carbocycles. The number of rotatable bonds is 5. The number of ether oxygens (including phenoxy) is 1. The lowest BCUT2D eigenvalue weighted by Crippen LogP contribution is -2.20. The third-order valence-electron chi connectivity index (χ3n) is 4.44. The van der Waals surface area contributed by atoms with E-state index in [0.717, 1.165) is 24.3 Å². The summed E-state index contributed by atoms with van der Waals surface area (Å²) >= 11 is 0. The third kappa shape index (κ3) is 3.42. The van der Waals surface area contributed by atoms with Gasteiger partial charge in [0.1, 0.15) is 5.75 Å². The summed E-state index contributed by atoms with van der Waals surface area (Å²) in [7, 11) is 0. The third-order valence-corrected chi connectivity index (χ3v) is 4.44. The fourth-order valence-electron chi connectivity index (χ4n) is 3.17. The van der Waals surface area contributed by atoms with E-state index in [1.807, 2.05) is 43.3 Å². The fourth-order valence-corrected chi connectivity index (χ4v) is 3.17. The van der Waals surface area contributed by atoms with Gasteiger partial charge in [0, 0.05) is 5.69 Å². The predicted molar refractivity (Wildman–Crippen MR) is 96.5 cm³/mol. The van der Waals surface area contributed by atoms with E-state index in [1.54, 1.807) is 4.68 Å². The van der Waals surface area contributed by atoms with E-state index < -0.39 is 0 Å². The maximum absolute atomic E-state index is 12.2. The first-order valence-electron chi connectivity index (χ1n) is 8.59. The smallest absolute Gasteiger partial charge is 0.262 e. The van der Waals surface area contributed by atoms with Crippen molar-refractivity contribution in [1.29, 1.82) is 0 Å². The number of fused-ring (bicyclic) bond motifs is 1. The highest BCUT2D eigenvalue weighted by molar-refractivity contribution is 5.92. The van der Waals surface area contributed by atoms with Crippen LogP contribution in [0.4, 0.5) is 5.69 Å². The molecule has 26 heavy (non-hydrogen) atoms. The fraction of sp³-hybridized carbons (Fsp3) is 0.263. The van der Waals surface area contributed by atoms with Gasteiger partial charge in [-0.1, -0.05) is 12.1 Å². The quantitative estimate of drug-likeness (QED) is 0.765. The van der Waals surface area contributed by atoms with Crippen molar-refractivity contribution in [2.75, 3.05) is 11.9 Å². The van der Waals surface area contributed by atoms with Crippen LogP contribution in [0.3, 0.4) is 0 Å². The maximum atomic E-state index is 12.2. The first-order valence-corrected chi connectivity index (χ1v) is 8.59. The molecule has 132 valence electrons. The second-order valence-corrected chi connectivity index (χ2v) is 6.31. The summed E-state index contributed by atoms with van der Waals surface area (Å²) in [6.07, 6.45) is 3.41. The zero-order valence-corrected chi connectivity index (χ0v) is 14.5. The summed E-state index contributed by atoms with van der Waals surface area (Å²) < 4.78 is 7.25. The number of nitrogens with one attached hydrogen (secondary N) is 1. The lowest BCUT2D eigenvalue weighted by molar-refractivity contribution is -0.118. The van der Waals surface area contributed by atoms with E-state index in [1.165, 1.54) is 17.5 Å². The first-order chi connectivity index (χ1) is 12.7. The van der Waals surface area contributed by atoms with Gasteiger partial charge in [0.15, 0.2) is 12.4 Å². The molecule has 0 saturated carbocycles. The molecule has 7 nitrogen and oxygen atoms in total. The van der Waals surface area contributed by atoms with Crippen LogP contribution in [0.15, 0.2) is 42.5 Å². The highest BCUT2D eigenvalue weighted by atomic mass is 16.5. The maximum Gasteiger partial charge on any atom is 0.262 e. The van der Waals surface area contributed by atoms with E-state index in [9.17, 15) is 4.79 Å². The number of aryl methyl sites for hydroxylation is 3. The van der Waals surface area contributed by atoms with Crippen molar-refractivity contribution in [3.63, 3.8) is 0 Å². The highest BCUT2D eigenvalue weighted by Gasteiger charge is 2.12. The molecule has 0 saturated heterocycles. The normalized spacial score (nSPS) is 12.7. The summed E-state index contributed by atoms with van der Waals surface area (Å²) in [6, 6.07) is 13.4. The van der Waals surface area contributed by atoms with Crippen LogP contribution >= 0.6 is 0 Å². The average molecular weight is 349 g/mol. The topological polar surface area (TPSA) is 81.9 Å². The molecular formula is C19H19N5O2. The van der Waals surface area contributed by atoms with Crippen molar-refractivity contribution in [3.05, 3.63) is 59.4 Å². The van der Waals surface area contributed by atoms with Gasteiger partial charge in [-0.2, -0.15) is 4.68 Å². The van der Waals surface area contributed by atoms with Gasteiger partial charge < -0.3 is 10.1 Å². The molecule has 1 aliphatic carbocycles. The molecular weight excluding hydrogens is 330 g/mol. The van der Waals surface area contributed by atoms with E-state index in [0.29, 0.717) is 11.5 Å². The van der Waals surface area contributed by atoms with Crippen LogP contribution in [-0.4, -0.2) is 32.7 Å². The van der Waals surface area contributed by atoms with Crippen molar-refractivity contribution in [2.45, 2.75) is 26.2 Å². The molecule has 1 aliphatic rings. The molecule has 0 unspecified atom stereocenters. The van der Waals surface area contributed by atoms with Crippen molar-refractivity contribution in [3.8, 4) is 11.4 Å². The molecule has 7 heteroatoms. The number of benzene rings is 2. The summed E-state index contributed by atoms with van der Waals surface area (Å²) in [4.78, 5) is 12.2. The zero-order chi connectivity index (χ0) is 17.9. The number of nitrogens with zero attached hydrogens (tertiary/aromatic N) is 4. The molecule has 0 aliphatic heterocycles. The Morgan fingerprint density at radius 2 is 2.08 bits per heavy atom. The number of hydrogen-bond acceptors (Lipinski definition) is 5. The van der Waals surface area contributed by atoms with Crippen LogP contribution in [0.25, 0.3) is 5.69 Å². The molecule has 1 N–H and O–H groups in total. The van der Waals surface area contributed by atoms with Gasteiger partial charge in [-0.05, 0) is 78.1 Å². The van der Waals surface area contributed by atoms with Gasteiger partial charge in [0.05, 0.1) is 5.69 Å². The molecule has 0 atom stereocenters. The molecule has 1 aromatic heterocycles. The van der Waals surface area contributed by atoms with Gasteiger partial charge in [-0.3, -0.25) is 4.79 Å². The Hall–Kier alpha value is -3.22. The van der Waals surface area contributed by atoms with E-state index in [-0.39, 0.29) is 12.5 Å².